The molecule has 226 valence electrons. The summed E-state index contributed by atoms with van der Waals surface area (Å²) < 4.78 is 29.2. The molecule has 0 saturated heterocycles. The van der Waals surface area contributed by atoms with Gasteiger partial charge in [0.05, 0.1) is 10.6 Å². The van der Waals surface area contributed by atoms with E-state index in [9.17, 15) is 18.0 Å². The van der Waals surface area contributed by atoms with Crippen molar-refractivity contribution in [2.45, 2.75) is 84.2 Å². The first-order valence-electron chi connectivity index (χ1n) is 14.8. The van der Waals surface area contributed by atoms with Gasteiger partial charge in [-0.1, -0.05) is 93.8 Å². The minimum atomic E-state index is -4.10. The van der Waals surface area contributed by atoms with E-state index < -0.39 is 28.5 Å². The Kier molecular flexibility index (Phi) is 11.7. The van der Waals surface area contributed by atoms with Crippen LogP contribution >= 0.6 is 0 Å². The van der Waals surface area contributed by atoms with Crippen molar-refractivity contribution < 1.29 is 18.0 Å². The first-order chi connectivity index (χ1) is 20.0. The molecule has 0 bridgehead atoms. The molecule has 0 aliphatic heterocycles. The smallest absolute Gasteiger partial charge is 0.264 e. The number of nitrogens with one attached hydrogen (secondary N) is 1. The van der Waals surface area contributed by atoms with E-state index >= 15 is 0 Å². The molecule has 0 heterocycles. The molecule has 0 aliphatic rings. The number of unbranched alkanes of at least 4 members (excludes halogenated alkanes) is 1. The van der Waals surface area contributed by atoms with E-state index in [0.29, 0.717) is 18.7 Å². The van der Waals surface area contributed by atoms with E-state index in [4.69, 9.17) is 0 Å². The molecule has 0 fully saturated rings. The molecule has 3 rings (SSSR count). The van der Waals surface area contributed by atoms with E-state index in [-0.39, 0.29) is 23.3 Å². The Labute approximate surface area is 252 Å². The maximum absolute atomic E-state index is 14.2. The van der Waals surface area contributed by atoms with Crippen LogP contribution in [-0.2, 0) is 26.2 Å². The van der Waals surface area contributed by atoms with Crippen LogP contribution in [0.4, 0.5) is 5.69 Å². The second kappa shape index (κ2) is 15.0. The van der Waals surface area contributed by atoms with Crippen LogP contribution in [-0.4, -0.2) is 44.3 Å². The van der Waals surface area contributed by atoms with Gasteiger partial charge in [0.25, 0.3) is 10.0 Å². The Balaban J connectivity index is 2.04. The van der Waals surface area contributed by atoms with Gasteiger partial charge >= 0.3 is 0 Å². The predicted octanol–water partition coefficient (Wildman–Crippen LogP) is 6.35. The van der Waals surface area contributed by atoms with E-state index in [1.807, 2.05) is 64.1 Å². The van der Waals surface area contributed by atoms with Crippen molar-refractivity contribution in [2.24, 2.45) is 0 Å². The lowest BCUT2D eigenvalue weighted by atomic mass is 10.0. The summed E-state index contributed by atoms with van der Waals surface area (Å²) >= 11 is 0. The molecule has 1 unspecified atom stereocenters. The second-order valence-electron chi connectivity index (χ2n) is 11.1. The van der Waals surface area contributed by atoms with Crippen molar-refractivity contribution in [3.63, 3.8) is 0 Å². The maximum atomic E-state index is 14.2. The molecule has 0 radical (unpaired) electrons. The molecule has 2 amide bonds. The summed E-state index contributed by atoms with van der Waals surface area (Å²) in [6, 6.07) is 20.9. The lowest BCUT2D eigenvalue weighted by Crippen LogP contribution is -2.52. The zero-order valence-corrected chi connectivity index (χ0v) is 26.6. The van der Waals surface area contributed by atoms with Gasteiger partial charge in [0.1, 0.15) is 12.6 Å². The third-order valence-electron chi connectivity index (χ3n) is 7.42. The molecular weight excluding hydrogens is 546 g/mol. The minimum Gasteiger partial charge on any atom is -0.354 e. The van der Waals surface area contributed by atoms with Crippen LogP contribution < -0.4 is 9.62 Å². The van der Waals surface area contributed by atoms with E-state index in [1.165, 1.54) is 4.90 Å². The number of anilines is 1. The number of rotatable bonds is 14. The van der Waals surface area contributed by atoms with Gasteiger partial charge in [0, 0.05) is 13.1 Å². The standard InChI is InChI=1S/C34H45N3O4S/c1-7-9-22-35-34(39)32(8-2)36(23-28-14-10-26(5)11-15-28)33(38)24-37(30-18-16-29(17-19-30)25(3)4)42(40,41)31-20-12-27(6)13-21-31/h10-21,25,32H,7-9,22-24H2,1-6H3,(H,35,39). The van der Waals surface area contributed by atoms with Crippen molar-refractivity contribution >= 4 is 27.5 Å². The van der Waals surface area contributed by atoms with Gasteiger partial charge in [-0.3, -0.25) is 13.9 Å². The molecule has 0 saturated carbocycles. The largest absolute Gasteiger partial charge is 0.354 e. The molecule has 8 heteroatoms. The number of hydrogen-bond acceptors (Lipinski definition) is 4. The zero-order chi connectivity index (χ0) is 30.9. The third kappa shape index (κ3) is 8.44. The van der Waals surface area contributed by atoms with Crippen molar-refractivity contribution in [3.05, 3.63) is 95.1 Å². The average molecular weight is 592 g/mol. The normalized spacial score (nSPS) is 12.2. The van der Waals surface area contributed by atoms with Gasteiger partial charge in [-0.05, 0) is 68.0 Å². The molecule has 0 aliphatic carbocycles. The molecule has 0 spiro atoms. The summed E-state index contributed by atoms with van der Waals surface area (Å²) in [4.78, 5) is 29.1. The lowest BCUT2D eigenvalue weighted by Gasteiger charge is -2.33. The zero-order valence-electron chi connectivity index (χ0n) is 25.8. The highest BCUT2D eigenvalue weighted by Gasteiger charge is 2.33. The Morgan fingerprint density at radius 2 is 1.40 bits per heavy atom. The third-order valence-corrected chi connectivity index (χ3v) is 9.21. The number of benzene rings is 3. The monoisotopic (exact) mass is 591 g/mol. The Morgan fingerprint density at radius 1 is 0.833 bits per heavy atom. The summed E-state index contributed by atoms with van der Waals surface area (Å²) in [5.74, 6) is -0.415. The van der Waals surface area contributed by atoms with Crippen molar-refractivity contribution in [1.29, 1.82) is 0 Å². The molecule has 3 aromatic carbocycles. The van der Waals surface area contributed by atoms with Gasteiger partial charge in [0.15, 0.2) is 0 Å². The molecule has 3 aromatic rings. The van der Waals surface area contributed by atoms with Crippen LogP contribution in [0.25, 0.3) is 0 Å². The number of aryl methyl sites for hydroxylation is 2. The van der Waals surface area contributed by atoms with Crippen LogP contribution in [0, 0.1) is 13.8 Å². The summed E-state index contributed by atoms with van der Waals surface area (Å²) in [5, 5.41) is 2.96. The Hall–Kier alpha value is -3.65. The topological polar surface area (TPSA) is 86.8 Å². The summed E-state index contributed by atoms with van der Waals surface area (Å²) in [6.07, 6.45) is 2.16. The van der Waals surface area contributed by atoms with Crippen LogP contribution in [0.15, 0.2) is 77.7 Å². The number of sulfonamides is 1. The lowest BCUT2D eigenvalue weighted by molar-refractivity contribution is -0.140. The summed E-state index contributed by atoms with van der Waals surface area (Å²) in [7, 11) is -4.10. The van der Waals surface area contributed by atoms with Gasteiger partial charge in [-0.2, -0.15) is 0 Å². The highest BCUT2D eigenvalue weighted by Crippen LogP contribution is 2.27. The average Bonchev–Trinajstić information content (AvgIpc) is 2.97. The van der Waals surface area contributed by atoms with Crippen LogP contribution in [0.5, 0.6) is 0 Å². The molecule has 1 N–H and O–H groups in total. The fourth-order valence-corrected chi connectivity index (χ4v) is 6.12. The number of carbonyl (C=O) groups excluding carboxylic acids is 2. The quantitative estimate of drug-likeness (QED) is 0.222. The molecule has 42 heavy (non-hydrogen) atoms. The predicted molar refractivity (Wildman–Crippen MR) is 170 cm³/mol. The number of carbonyl (C=O) groups is 2. The SMILES string of the molecule is CCCCNC(=O)C(CC)N(Cc1ccc(C)cc1)C(=O)CN(c1ccc(C(C)C)cc1)S(=O)(=O)c1ccc(C)cc1. The maximum Gasteiger partial charge on any atom is 0.264 e. The minimum absolute atomic E-state index is 0.100. The molecule has 1 atom stereocenters. The highest BCUT2D eigenvalue weighted by atomic mass is 32.2. The Morgan fingerprint density at radius 3 is 1.93 bits per heavy atom. The Bertz CT molecular complexity index is 1420. The van der Waals surface area contributed by atoms with E-state index in [1.54, 1.807) is 36.4 Å². The van der Waals surface area contributed by atoms with E-state index in [2.05, 4.69) is 19.2 Å². The van der Waals surface area contributed by atoms with Crippen molar-refractivity contribution in [3.8, 4) is 0 Å². The fourth-order valence-electron chi connectivity index (χ4n) is 4.71. The first kappa shape index (κ1) is 32.9. The number of amides is 2. The van der Waals surface area contributed by atoms with Gasteiger partial charge in [0.2, 0.25) is 11.8 Å². The molecule has 7 nitrogen and oxygen atoms in total. The molecule has 0 aromatic heterocycles. The van der Waals surface area contributed by atoms with Gasteiger partial charge in [-0.15, -0.1) is 0 Å². The summed E-state index contributed by atoms with van der Waals surface area (Å²) in [6.45, 7) is 12.2. The first-order valence-corrected chi connectivity index (χ1v) is 16.2. The number of nitrogens with zero attached hydrogens (tertiary/aromatic N) is 2. The summed E-state index contributed by atoms with van der Waals surface area (Å²) in [5.41, 5.74) is 4.34. The highest BCUT2D eigenvalue weighted by molar-refractivity contribution is 7.92. The van der Waals surface area contributed by atoms with Crippen molar-refractivity contribution in [1.82, 2.24) is 10.2 Å². The van der Waals surface area contributed by atoms with Crippen molar-refractivity contribution in [2.75, 3.05) is 17.4 Å². The number of hydrogen-bond donors (Lipinski definition) is 1. The van der Waals surface area contributed by atoms with Crippen LogP contribution in [0.3, 0.4) is 0 Å². The van der Waals surface area contributed by atoms with Gasteiger partial charge in [-0.25, -0.2) is 8.42 Å². The van der Waals surface area contributed by atoms with Crippen LogP contribution in [0.1, 0.15) is 75.1 Å². The molecular formula is C34H45N3O4S. The second-order valence-corrected chi connectivity index (χ2v) is 13.0. The van der Waals surface area contributed by atoms with E-state index in [0.717, 1.165) is 39.4 Å². The van der Waals surface area contributed by atoms with Crippen LogP contribution in [0.2, 0.25) is 0 Å². The fraction of sp³-hybridized carbons (Fsp3) is 0.412. The van der Waals surface area contributed by atoms with Gasteiger partial charge < -0.3 is 10.2 Å².